The van der Waals surface area contributed by atoms with Crippen LogP contribution in [0.4, 0.5) is 5.69 Å². The molecule has 0 spiro atoms. The molecule has 2 aromatic carbocycles. The van der Waals surface area contributed by atoms with Crippen LogP contribution >= 0.6 is 11.6 Å². The van der Waals surface area contributed by atoms with Crippen LogP contribution < -0.4 is 5.43 Å². The molecule has 0 unspecified atom stereocenters. The van der Waals surface area contributed by atoms with Crippen molar-refractivity contribution in [3.8, 4) is 0 Å². The van der Waals surface area contributed by atoms with Gasteiger partial charge in [0.1, 0.15) is 0 Å². The predicted molar refractivity (Wildman–Crippen MR) is 78.4 cm³/mol. The minimum absolute atomic E-state index is 0.265. The highest BCUT2D eigenvalue weighted by Gasteiger charge is 2.00. The van der Waals surface area contributed by atoms with Gasteiger partial charge < -0.3 is 0 Å². The number of halogens is 1. The van der Waals surface area contributed by atoms with E-state index < -0.39 is 0 Å². The molecule has 0 fully saturated rings. The molecule has 0 aromatic heterocycles. The van der Waals surface area contributed by atoms with Crippen molar-refractivity contribution in [1.29, 1.82) is 0 Å². The summed E-state index contributed by atoms with van der Waals surface area (Å²) in [4.78, 5) is 0. The number of nitrogens with zero attached hydrogens (tertiary/aromatic N) is 1. The molecule has 0 amide bonds. The summed E-state index contributed by atoms with van der Waals surface area (Å²) in [6.07, 6.45) is 1.87. The van der Waals surface area contributed by atoms with Crippen LogP contribution in [0.1, 0.15) is 18.4 Å². The number of hydrazone groups is 1. The van der Waals surface area contributed by atoms with Crippen LogP contribution in [0.2, 0.25) is 5.02 Å². The highest BCUT2D eigenvalue weighted by molar-refractivity contribution is 6.33. The summed E-state index contributed by atoms with van der Waals surface area (Å²) in [7, 11) is 0. The minimum atomic E-state index is 0.265. The summed E-state index contributed by atoms with van der Waals surface area (Å²) in [5.74, 6) is 0.265. The third kappa shape index (κ3) is 3.34. The topological polar surface area (TPSA) is 24.4 Å². The normalized spacial score (nSPS) is 12.6. The van der Waals surface area contributed by atoms with Crippen molar-refractivity contribution in [3.63, 3.8) is 0 Å². The van der Waals surface area contributed by atoms with Gasteiger partial charge in [0.15, 0.2) is 0 Å². The second-order valence-corrected chi connectivity index (χ2v) is 4.48. The third-order valence-electron chi connectivity index (χ3n) is 2.68. The molecule has 0 aliphatic rings. The number of hydrogen-bond donors (Lipinski definition) is 1. The van der Waals surface area contributed by atoms with E-state index in [4.69, 9.17) is 11.6 Å². The zero-order valence-electron chi connectivity index (χ0n) is 10.2. The van der Waals surface area contributed by atoms with E-state index in [1.165, 1.54) is 5.56 Å². The second kappa shape index (κ2) is 6.22. The Balaban J connectivity index is 1.98. The maximum atomic E-state index is 6.02. The van der Waals surface area contributed by atoms with Crippen LogP contribution in [0, 0.1) is 0 Å². The molecule has 92 valence electrons. The van der Waals surface area contributed by atoms with E-state index in [0.29, 0.717) is 5.02 Å². The number of hydrogen-bond acceptors (Lipinski definition) is 2. The van der Waals surface area contributed by atoms with Crippen molar-refractivity contribution in [3.05, 3.63) is 65.2 Å². The Labute approximate surface area is 112 Å². The SMILES string of the molecule is C[C@@H](/C=N\Nc1ccccc1Cl)c1ccccc1. The van der Waals surface area contributed by atoms with Gasteiger partial charge in [0.05, 0.1) is 10.7 Å². The van der Waals surface area contributed by atoms with Crippen molar-refractivity contribution in [2.24, 2.45) is 5.10 Å². The number of rotatable bonds is 4. The van der Waals surface area contributed by atoms with Crippen molar-refractivity contribution in [2.75, 3.05) is 5.43 Å². The zero-order valence-corrected chi connectivity index (χ0v) is 10.9. The van der Waals surface area contributed by atoms with Gasteiger partial charge in [-0.1, -0.05) is 61.0 Å². The average Bonchev–Trinajstić information content (AvgIpc) is 2.42. The first kappa shape index (κ1) is 12.7. The van der Waals surface area contributed by atoms with Crippen molar-refractivity contribution in [2.45, 2.75) is 12.8 Å². The number of nitrogens with one attached hydrogen (secondary N) is 1. The van der Waals surface area contributed by atoms with Gasteiger partial charge in [-0.3, -0.25) is 5.43 Å². The predicted octanol–water partition coefficient (Wildman–Crippen LogP) is 4.54. The number of para-hydroxylation sites is 1. The Morgan fingerprint density at radius 1 is 1.06 bits per heavy atom. The molecule has 0 heterocycles. The fourth-order valence-electron chi connectivity index (χ4n) is 1.61. The van der Waals surface area contributed by atoms with Gasteiger partial charge in [-0.2, -0.15) is 5.10 Å². The van der Waals surface area contributed by atoms with E-state index in [0.717, 1.165) is 5.69 Å². The van der Waals surface area contributed by atoms with E-state index in [1.54, 1.807) is 0 Å². The van der Waals surface area contributed by atoms with Gasteiger partial charge in [0.2, 0.25) is 0 Å². The maximum absolute atomic E-state index is 6.02. The Hall–Kier alpha value is -1.80. The van der Waals surface area contributed by atoms with E-state index in [2.05, 4.69) is 29.6 Å². The minimum Gasteiger partial charge on any atom is -0.277 e. The fourth-order valence-corrected chi connectivity index (χ4v) is 1.79. The van der Waals surface area contributed by atoms with Gasteiger partial charge in [-0.05, 0) is 17.7 Å². The first-order valence-electron chi connectivity index (χ1n) is 5.86. The number of benzene rings is 2. The Bertz CT molecular complexity index is 523. The highest BCUT2D eigenvalue weighted by Crippen LogP contribution is 2.20. The summed E-state index contributed by atoms with van der Waals surface area (Å²) in [6, 6.07) is 17.8. The van der Waals surface area contributed by atoms with Crippen LogP contribution in [0.3, 0.4) is 0 Å². The molecule has 2 nitrogen and oxygen atoms in total. The van der Waals surface area contributed by atoms with Crippen LogP contribution in [-0.4, -0.2) is 6.21 Å². The van der Waals surface area contributed by atoms with Crippen molar-refractivity contribution >= 4 is 23.5 Å². The van der Waals surface area contributed by atoms with Crippen molar-refractivity contribution in [1.82, 2.24) is 0 Å². The molecular formula is C15H15ClN2. The van der Waals surface area contributed by atoms with Gasteiger partial charge in [-0.15, -0.1) is 0 Å². The van der Waals surface area contributed by atoms with E-state index in [1.807, 2.05) is 48.7 Å². The van der Waals surface area contributed by atoms with Crippen molar-refractivity contribution < 1.29 is 0 Å². The molecule has 0 aliphatic carbocycles. The lowest BCUT2D eigenvalue weighted by Gasteiger charge is -2.06. The Morgan fingerprint density at radius 3 is 2.44 bits per heavy atom. The molecule has 2 aromatic rings. The summed E-state index contributed by atoms with van der Waals surface area (Å²) >= 11 is 6.02. The number of anilines is 1. The van der Waals surface area contributed by atoms with Gasteiger partial charge in [-0.25, -0.2) is 0 Å². The first-order chi connectivity index (χ1) is 8.77. The molecule has 1 atom stereocenters. The fraction of sp³-hybridized carbons (Fsp3) is 0.133. The molecule has 0 radical (unpaired) electrons. The standard InChI is InChI=1S/C15H15ClN2/c1-12(13-7-3-2-4-8-13)11-17-18-15-10-6-5-9-14(15)16/h2-12,18H,1H3/b17-11-/t12-/m0/s1. The molecule has 1 N–H and O–H groups in total. The molecular weight excluding hydrogens is 244 g/mol. The Kier molecular flexibility index (Phi) is 4.37. The summed E-state index contributed by atoms with van der Waals surface area (Å²) in [5, 5.41) is 4.89. The van der Waals surface area contributed by atoms with Crippen LogP contribution in [0.15, 0.2) is 59.7 Å². The van der Waals surface area contributed by atoms with Gasteiger partial charge >= 0.3 is 0 Å². The third-order valence-corrected chi connectivity index (χ3v) is 3.01. The molecule has 0 aliphatic heterocycles. The molecule has 3 heteroatoms. The average molecular weight is 259 g/mol. The van der Waals surface area contributed by atoms with Crippen LogP contribution in [0.25, 0.3) is 0 Å². The quantitative estimate of drug-likeness (QED) is 0.632. The molecule has 2 rings (SSSR count). The second-order valence-electron chi connectivity index (χ2n) is 4.07. The molecule has 0 saturated carbocycles. The lowest BCUT2D eigenvalue weighted by atomic mass is 10.0. The van der Waals surface area contributed by atoms with E-state index in [-0.39, 0.29) is 5.92 Å². The van der Waals surface area contributed by atoms with Gasteiger partial charge in [0.25, 0.3) is 0 Å². The summed E-state index contributed by atoms with van der Waals surface area (Å²) in [6.45, 7) is 2.10. The first-order valence-corrected chi connectivity index (χ1v) is 6.24. The van der Waals surface area contributed by atoms with Crippen LogP contribution in [-0.2, 0) is 0 Å². The smallest absolute Gasteiger partial charge is 0.0747 e. The molecule has 0 bridgehead atoms. The maximum Gasteiger partial charge on any atom is 0.0747 e. The summed E-state index contributed by atoms with van der Waals surface area (Å²) < 4.78 is 0. The lowest BCUT2D eigenvalue weighted by molar-refractivity contribution is 1.04. The van der Waals surface area contributed by atoms with E-state index in [9.17, 15) is 0 Å². The van der Waals surface area contributed by atoms with E-state index >= 15 is 0 Å². The zero-order chi connectivity index (χ0) is 12.8. The highest BCUT2D eigenvalue weighted by atomic mass is 35.5. The van der Waals surface area contributed by atoms with Gasteiger partial charge in [0, 0.05) is 12.1 Å². The lowest BCUT2D eigenvalue weighted by Crippen LogP contribution is -1.97. The summed E-state index contributed by atoms with van der Waals surface area (Å²) in [5.41, 5.74) is 5.00. The molecule has 18 heavy (non-hydrogen) atoms. The van der Waals surface area contributed by atoms with Crippen LogP contribution in [0.5, 0.6) is 0 Å². The largest absolute Gasteiger partial charge is 0.277 e. The molecule has 0 saturated heterocycles. The Morgan fingerprint density at radius 2 is 1.72 bits per heavy atom. The monoisotopic (exact) mass is 258 g/mol.